The largest absolute Gasteiger partial charge is 0.461 e. The molecule has 0 N–H and O–H groups in total. The fourth-order valence-corrected chi connectivity index (χ4v) is 1.73. The molecule has 5 heteroatoms. The van der Waals surface area contributed by atoms with Gasteiger partial charge in [0.15, 0.2) is 5.69 Å². The Morgan fingerprint density at radius 1 is 1.71 bits per heavy atom. The number of hydrogen-bond donors (Lipinski definition) is 0. The SMILES string of the molecule is CCOC(=O)c1ncc(Cl)cc1SC. The van der Waals surface area contributed by atoms with E-state index < -0.39 is 5.97 Å². The standard InChI is InChI=1S/C9H10ClNO2S/c1-3-13-9(12)8-7(14-2)4-6(10)5-11-8/h4-5H,3H2,1-2H3. The third kappa shape index (κ3) is 2.62. The van der Waals surface area contributed by atoms with Crippen LogP contribution in [-0.4, -0.2) is 23.8 Å². The topological polar surface area (TPSA) is 39.2 Å². The minimum absolute atomic E-state index is 0.323. The van der Waals surface area contributed by atoms with Crippen LogP contribution < -0.4 is 0 Å². The molecule has 0 saturated heterocycles. The first kappa shape index (κ1) is 11.3. The number of carbonyl (C=O) groups is 1. The summed E-state index contributed by atoms with van der Waals surface area (Å²) < 4.78 is 4.85. The second-order valence-corrected chi connectivity index (χ2v) is 3.71. The first-order valence-electron chi connectivity index (χ1n) is 4.05. The van der Waals surface area contributed by atoms with Crippen molar-refractivity contribution >= 4 is 29.3 Å². The molecule has 1 heterocycles. The molecule has 0 spiro atoms. The van der Waals surface area contributed by atoms with Gasteiger partial charge in [-0.15, -0.1) is 11.8 Å². The highest BCUT2D eigenvalue weighted by atomic mass is 35.5. The molecule has 0 fully saturated rings. The summed E-state index contributed by atoms with van der Waals surface area (Å²) in [5, 5.41) is 0.516. The van der Waals surface area contributed by atoms with Gasteiger partial charge >= 0.3 is 5.97 Å². The molecule has 0 aliphatic heterocycles. The van der Waals surface area contributed by atoms with Gasteiger partial charge in [0, 0.05) is 11.1 Å². The third-order valence-corrected chi connectivity index (χ3v) is 2.47. The number of esters is 1. The smallest absolute Gasteiger partial charge is 0.358 e. The second-order valence-electron chi connectivity index (χ2n) is 2.42. The number of pyridine rings is 1. The van der Waals surface area contributed by atoms with E-state index in [4.69, 9.17) is 16.3 Å². The number of carbonyl (C=O) groups excluding carboxylic acids is 1. The number of hydrogen-bond acceptors (Lipinski definition) is 4. The number of aromatic nitrogens is 1. The fourth-order valence-electron chi connectivity index (χ4n) is 0.929. The van der Waals surface area contributed by atoms with Crippen molar-refractivity contribution in [1.82, 2.24) is 4.98 Å². The minimum atomic E-state index is -0.409. The third-order valence-electron chi connectivity index (χ3n) is 1.51. The molecule has 0 aliphatic carbocycles. The fraction of sp³-hybridized carbons (Fsp3) is 0.333. The lowest BCUT2D eigenvalue weighted by atomic mass is 10.3. The summed E-state index contributed by atoms with van der Waals surface area (Å²) in [4.78, 5) is 16.1. The summed E-state index contributed by atoms with van der Waals surface area (Å²) in [5.74, 6) is -0.409. The highest BCUT2D eigenvalue weighted by molar-refractivity contribution is 7.98. The van der Waals surface area contributed by atoms with E-state index in [1.807, 2.05) is 6.26 Å². The number of halogens is 1. The average Bonchev–Trinajstić information content (AvgIpc) is 2.17. The molecular weight excluding hydrogens is 222 g/mol. The van der Waals surface area contributed by atoms with Crippen molar-refractivity contribution in [2.24, 2.45) is 0 Å². The van der Waals surface area contributed by atoms with Gasteiger partial charge in [-0.25, -0.2) is 9.78 Å². The Morgan fingerprint density at radius 3 is 3.00 bits per heavy atom. The summed E-state index contributed by atoms with van der Waals surface area (Å²) in [6, 6.07) is 1.70. The van der Waals surface area contributed by atoms with Gasteiger partial charge in [0.2, 0.25) is 0 Å². The maximum Gasteiger partial charge on any atom is 0.358 e. The molecule has 0 atom stereocenters. The zero-order valence-electron chi connectivity index (χ0n) is 7.91. The molecule has 1 aromatic rings. The Hall–Kier alpha value is -0.740. The molecule has 0 unspecified atom stereocenters. The molecule has 14 heavy (non-hydrogen) atoms. The summed E-state index contributed by atoms with van der Waals surface area (Å²) >= 11 is 7.17. The summed E-state index contributed by atoms with van der Waals surface area (Å²) in [7, 11) is 0. The molecule has 0 radical (unpaired) electrons. The van der Waals surface area contributed by atoms with E-state index in [2.05, 4.69) is 4.98 Å². The van der Waals surface area contributed by atoms with Crippen molar-refractivity contribution in [2.75, 3.05) is 12.9 Å². The van der Waals surface area contributed by atoms with E-state index in [0.717, 1.165) is 4.90 Å². The van der Waals surface area contributed by atoms with Crippen molar-refractivity contribution in [3.05, 3.63) is 23.0 Å². The van der Waals surface area contributed by atoms with Gasteiger partial charge in [-0.05, 0) is 19.2 Å². The van der Waals surface area contributed by atoms with Gasteiger partial charge in [0.25, 0.3) is 0 Å². The van der Waals surface area contributed by atoms with Crippen LogP contribution in [0, 0.1) is 0 Å². The molecule has 1 rings (SSSR count). The average molecular weight is 232 g/mol. The van der Waals surface area contributed by atoms with Crippen LogP contribution in [0.2, 0.25) is 5.02 Å². The van der Waals surface area contributed by atoms with E-state index in [1.165, 1.54) is 18.0 Å². The Morgan fingerprint density at radius 2 is 2.43 bits per heavy atom. The minimum Gasteiger partial charge on any atom is -0.461 e. The quantitative estimate of drug-likeness (QED) is 0.592. The van der Waals surface area contributed by atoms with E-state index in [9.17, 15) is 4.79 Å². The van der Waals surface area contributed by atoms with Gasteiger partial charge in [0.1, 0.15) is 0 Å². The predicted octanol–water partition coefficient (Wildman–Crippen LogP) is 2.63. The van der Waals surface area contributed by atoms with Crippen molar-refractivity contribution in [3.8, 4) is 0 Å². The van der Waals surface area contributed by atoms with Crippen molar-refractivity contribution in [1.29, 1.82) is 0 Å². The summed E-state index contributed by atoms with van der Waals surface area (Å²) in [6.07, 6.45) is 3.30. The zero-order valence-corrected chi connectivity index (χ0v) is 9.48. The molecule has 0 aromatic carbocycles. The molecule has 3 nitrogen and oxygen atoms in total. The van der Waals surface area contributed by atoms with Crippen LogP contribution >= 0.6 is 23.4 Å². The Kier molecular flexibility index (Phi) is 4.22. The summed E-state index contributed by atoms with van der Waals surface area (Å²) in [6.45, 7) is 2.10. The molecule has 0 bridgehead atoms. The van der Waals surface area contributed by atoms with E-state index in [-0.39, 0.29) is 0 Å². The lowest BCUT2D eigenvalue weighted by Crippen LogP contribution is -2.08. The predicted molar refractivity (Wildman–Crippen MR) is 57.0 cm³/mol. The number of nitrogens with zero attached hydrogens (tertiary/aromatic N) is 1. The maximum atomic E-state index is 11.4. The second kappa shape index (κ2) is 5.22. The molecule has 76 valence electrons. The number of rotatable bonds is 3. The molecule has 0 aliphatic rings. The van der Waals surface area contributed by atoms with E-state index in [0.29, 0.717) is 17.3 Å². The monoisotopic (exact) mass is 231 g/mol. The molecule has 1 aromatic heterocycles. The number of thioether (sulfide) groups is 1. The van der Waals surface area contributed by atoms with Crippen LogP contribution in [0.4, 0.5) is 0 Å². The van der Waals surface area contributed by atoms with Crippen molar-refractivity contribution in [3.63, 3.8) is 0 Å². The van der Waals surface area contributed by atoms with Crippen molar-refractivity contribution in [2.45, 2.75) is 11.8 Å². The Bertz CT molecular complexity index is 344. The highest BCUT2D eigenvalue weighted by Crippen LogP contribution is 2.22. The molecule has 0 amide bonds. The van der Waals surface area contributed by atoms with Gasteiger partial charge in [0.05, 0.1) is 11.6 Å². The van der Waals surface area contributed by atoms with Gasteiger partial charge in [-0.2, -0.15) is 0 Å². The Labute approximate surface area is 91.8 Å². The van der Waals surface area contributed by atoms with Crippen LogP contribution in [0.3, 0.4) is 0 Å². The van der Waals surface area contributed by atoms with E-state index >= 15 is 0 Å². The van der Waals surface area contributed by atoms with Crippen molar-refractivity contribution < 1.29 is 9.53 Å². The number of ether oxygens (including phenoxy) is 1. The van der Waals surface area contributed by atoms with Crippen LogP contribution in [-0.2, 0) is 4.74 Å². The van der Waals surface area contributed by atoms with Gasteiger partial charge in [-0.3, -0.25) is 0 Å². The first-order valence-corrected chi connectivity index (χ1v) is 5.66. The van der Waals surface area contributed by atoms with Crippen LogP contribution in [0.1, 0.15) is 17.4 Å². The van der Waals surface area contributed by atoms with Crippen LogP contribution in [0.25, 0.3) is 0 Å². The Balaban J connectivity index is 3.01. The van der Waals surface area contributed by atoms with Crippen LogP contribution in [0.5, 0.6) is 0 Å². The van der Waals surface area contributed by atoms with E-state index in [1.54, 1.807) is 13.0 Å². The van der Waals surface area contributed by atoms with Gasteiger partial charge in [-0.1, -0.05) is 11.6 Å². The molecule has 0 saturated carbocycles. The highest BCUT2D eigenvalue weighted by Gasteiger charge is 2.13. The normalized spacial score (nSPS) is 9.93. The lowest BCUT2D eigenvalue weighted by molar-refractivity contribution is 0.0515. The van der Waals surface area contributed by atoms with Crippen LogP contribution in [0.15, 0.2) is 17.2 Å². The summed E-state index contributed by atoms with van der Waals surface area (Å²) in [5.41, 5.74) is 0.323. The lowest BCUT2D eigenvalue weighted by Gasteiger charge is -2.05. The zero-order chi connectivity index (χ0) is 10.6. The maximum absolute atomic E-state index is 11.4. The molecular formula is C9H10ClNO2S. The van der Waals surface area contributed by atoms with Gasteiger partial charge < -0.3 is 4.74 Å². The first-order chi connectivity index (χ1) is 6.69.